The lowest BCUT2D eigenvalue weighted by molar-refractivity contribution is 0.231. The molecule has 1 rings (SSSR count). The monoisotopic (exact) mass is 332 g/mol. The van der Waals surface area contributed by atoms with Crippen LogP contribution in [0.1, 0.15) is 50.7 Å². The van der Waals surface area contributed by atoms with Crippen molar-refractivity contribution in [2.45, 2.75) is 51.3 Å². The fourth-order valence-electron chi connectivity index (χ4n) is 2.28. The van der Waals surface area contributed by atoms with Crippen LogP contribution in [0.3, 0.4) is 0 Å². The van der Waals surface area contributed by atoms with Crippen molar-refractivity contribution in [3.63, 3.8) is 0 Å². The van der Waals surface area contributed by atoms with Crippen molar-refractivity contribution >= 4 is 23.2 Å². The molecule has 0 aromatic heterocycles. The van der Waals surface area contributed by atoms with E-state index in [2.05, 4.69) is 13.8 Å². The second-order valence-electron chi connectivity index (χ2n) is 5.27. The van der Waals surface area contributed by atoms with E-state index >= 15 is 0 Å². The molecule has 0 N–H and O–H groups in total. The van der Waals surface area contributed by atoms with Gasteiger partial charge in [0.25, 0.3) is 0 Å². The molecule has 1 atom stereocenters. The molecular formula is C17H26Cl2O2. The SMILES string of the molecule is CCCC[C@@H](CC)COc1cc(CCl)c(OC)cc1CCl. The van der Waals surface area contributed by atoms with Gasteiger partial charge in [0.15, 0.2) is 0 Å². The summed E-state index contributed by atoms with van der Waals surface area (Å²) in [5, 5.41) is 0. The summed E-state index contributed by atoms with van der Waals surface area (Å²) >= 11 is 12.0. The van der Waals surface area contributed by atoms with Crippen LogP contribution in [-0.2, 0) is 11.8 Å². The Hall–Kier alpha value is -0.600. The molecule has 0 fully saturated rings. The lowest BCUT2D eigenvalue weighted by atomic mass is 10.0. The maximum atomic E-state index is 6.02. The van der Waals surface area contributed by atoms with Crippen molar-refractivity contribution in [3.8, 4) is 11.5 Å². The molecule has 0 saturated heterocycles. The standard InChI is InChI=1S/C17H26Cl2O2/c1-4-6-7-13(5-2)12-21-17-9-14(10-18)16(20-3)8-15(17)11-19/h8-9,13H,4-7,10-12H2,1-3H3/t13-/m1/s1. The zero-order chi connectivity index (χ0) is 15.7. The molecule has 1 aromatic rings. The van der Waals surface area contributed by atoms with Crippen LogP contribution in [0, 0.1) is 5.92 Å². The van der Waals surface area contributed by atoms with Crippen LogP contribution in [0.25, 0.3) is 0 Å². The summed E-state index contributed by atoms with van der Waals surface area (Å²) in [6.45, 7) is 5.16. The quantitative estimate of drug-likeness (QED) is 0.506. The Bertz CT molecular complexity index is 421. The van der Waals surface area contributed by atoms with Gasteiger partial charge in [0.05, 0.1) is 25.5 Å². The number of rotatable bonds is 10. The van der Waals surface area contributed by atoms with E-state index in [-0.39, 0.29) is 0 Å². The smallest absolute Gasteiger partial charge is 0.124 e. The van der Waals surface area contributed by atoms with Crippen LogP contribution >= 0.6 is 23.2 Å². The first-order valence-corrected chi connectivity index (χ1v) is 8.71. The van der Waals surface area contributed by atoms with Gasteiger partial charge >= 0.3 is 0 Å². The highest BCUT2D eigenvalue weighted by Crippen LogP contribution is 2.31. The first-order chi connectivity index (χ1) is 10.2. The Morgan fingerprint density at radius 2 is 1.67 bits per heavy atom. The normalized spacial score (nSPS) is 12.2. The van der Waals surface area contributed by atoms with Gasteiger partial charge in [-0.3, -0.25) is 0 Å². The van der Waals surface area contributed by atoms with Gasteiger partial charge in [-0.1, -0.05) is 33.1 Å². The number of hydrogen-bond donors (Lipinski definition) is 0. The Labute approximate surface area is 138 Å². The third-order valence-electron chi connectivity index (χ3n) is 3.77. The van der Waals surface area contributed by atoms with Gasteiger partial charge in [-0.15, -0.1) is 23.2 Å². The summed E-state index contributed by atoms with van der Waals surface area (Å²) in [7, 11) is 1.64. The minimum atomic E-state index is 0.398. The van der Waals surface area contributed by atoms with Gasteiger partial charge < -0.3 is 9.47 Å². The van der Waals surface area contributed by atoms with Crippen molar-refractivity contribution in [3.05, 3.63) is 23.3 Å². The van der Waals surface area contributed by atoms with Crippen LogP contribution in [0.5, 0.6) is 11.5 Å². The van der Waals surface area contributed by atoms with Gasteiger partial charge in [0.2, 0.25) is 0 Å². The van der Waals surface area contributed by atoms with Gasteiger partial charge in [-0.25, -0.2) is 0 Å². The molecule has 4 heteroatoms. The minimum absolute atomic E-state index is 0.398. The second kappa shape index (κ2) is 10.2. The number of unbranched alkanes of at least 4 members (excludes halogenated alkanes) is 1. The molecule has 2 nitrogen and oxygen atoms in total. The molecule has 120 valence electrons. The van der Waals surface area contributed by atoms with Gasteiger partial charge in [0, 0.05) is 11.1 Å². The topological polar surface area (TPSA) is 18.5 Å². The van der Waals surface area contributed by atoms with Crippen LogP contribution < -0.4 is 9.47 Å². The predicted molar refractivity (Wildman–Crippen MR) is 90.9 cm³/mol. The van der Waals surface area contributed by atoms with Crippen LogP contribution in [0.2, 0.25) is 0 Å². The summed E-state index contributed by atoms with van der Waals surface area (Å²) < 4.78 is 11.4. The zero-order valence-electron chi connectivity index (χ0n) is 13.3. The molecule has 0 radical (unpaired) electrons. The van der Waals surface area contributed by atoms with E-state index in [1.165, 1.54) is 19.3 Å². The van der Waals surface area contributed by atoms with Crippen LogP contribution in [0.15, 0.2) is 12.1 Å². The number of methoxy groups -OCH3 is 1. The molecule has 0 saturated carbocycles. The molecule has 0 aliphatic rings. The first-order valence-electron chi connectivity index (χ1n) is 7.64. The Balaban J connectivity index is 2.81. The molecule has 0 spiro atoms. The van der Waals surface area contributed by atoms with Crippen molar-refractivity contribution < 1.29 is 9.47 Å². The number of hydrogen-bond acceptors (Lipinski definition) is 2. The summed E-state index contributed by atoms with van der Waals surface area (Å²) in [6.07, 6.45) is 4.82. The van der Waals surface area contributed by atoms with Gasteiger partial charge in [-0.2, -0.15) is 0 Å². The highest BCUT2D eigenvalue weighted by atomic mass is 35.5. The van der Waals surface area contributed by atoms with E-state index in [0.29, 0.717) is 17.7 Å². The first kappa shape index (κ1) is 18.4. The summed E-state index contributed by atoms with van der Waals surface area (Å²) in [5.74, 6) is 2.99. The summed E-state index contributed by atoms with van der Waals surface area (Å²) in [6, 6.07) is 3.88. The number of benzene rings is 1. The van der Waals surface area contributed by atoms with E-state index in [1.54, 1.807) is 7.11 Å². The minimum Gasteiger partial charge on any atom is -0.496 e. The van der Waals surface area contributed by atoms with Crippen LogP contribution in [0.4, 0.5) is 0 Å². The van der Waals surface area contributed by atoms with Crippen LogP contribution in [-0.4, -0.2) is 13.7 Å². The largest absolute Gasteiger partial charge is 0.496 e. The Kier molecular flexibility index (Phi) is 8.94. The van der Waals surface area contributed by atoms with E-state index in [1.807, 2.05) is 12.1 Å². The maximum absolute atomic E-state index is 6.02. The van der Waals surface area contributed by atoms with E-state index < -0.39 is 0 Å². The fraction of sp³-hybridized carbons (Fsp3) is 0.647. The van der Waals surface area contributed by atoms with Gasteiger partial charge in [0.1, 0.15) is 11.5 Å². The fourth-order valence-corrected chi connectivity index (χ4v) is 2.70. The van der Waals surface area contributed by atoms with Gasteiger partial charge in [-0.05, 0) is 24.5 Å². The maximum Gasteiger partial charge on any atom is 0.124 e. The summed E-state index contributed by atoms with van der Waals surface area (Å²) in [4.78, 5) is 0. The van der Waals surface area contributed by atoms with E-state index in [0.717, 1.165) is 35.7 Å². The summed E-state index contributed by atoms with van der Waals surface area (Å²) in [5.41, 5.74) is 1.89. The third kappa shape index (κ3) is 5.60. The zero-order valence-corrected chi connectivity index (χ0v) is 14.8. The average molecular weight is 333 g/mol. The van der Waals surface area contributed by atoms with Crippen molar-refractivity contribution in [2.24, 2.45) is 5.92 Å². The van der Waals surface area contributed by atoms with E-state index in [9.17, 15) is 0 Å². The lowest BCUT2D eigenvalue weighted by Crippen LogP contribution is -2.12. The van der Waals surface area contributed by atoms with Crippen molar-refractivity contribution in [1.82, 2.24) is 0 Å². The predicted octanol–water partition coefficient (Wildman–Crippen LogP) is 5.77. The Morgan fingerprint density at radius 1 is 1.05 bits per heavy atom. The number of ether oxygens (including phenoxy) is 2. The molecule has 1 aromatic carbocycles. The molecule has 0 heterocycles. The number of alkyl halides is 2. The third-order valence-corrected chi connectivity index (χ3v) is 4.35. The average Bonchev–Trinajstić information content (AvgIpc) is 2.54. The molecule has 0 amide bonds. The molecule has 0 aliphatic carbocycles. The second-order valence-corrected chi connectivity index (χ2v) is 5.80. The number of halogens is 2. The highest BCUT2D eigenvalue weighted by Gasteiger charge is 2.13. The highest BCUT2D eigenvalue weighted by molar-refractivity contribution is 6.18. The van der Waals surface area contributed by atoms with Crippen molar-refractivity contribution in [1.29, 1.82) is 0 Å². The molecule has 0 unspecified atom stereocenters. The molecule has 21 heavy (non-hydrogen) atoms. The van der Waals surface area contributed by atoms with Crippen molar-refractivity contribution in [2.75, 3.05) is 13.7 Å². The molecule has 0 aliphatic heterocycles. The lowest BCUT2D eigenvalue weighted by Gasteiger charge is -2.18. The van der Waals surface area contributed by atoms with E-state index in [4.69, 9.17) is 32.7 Å². The molecule has 0 bridgehead atoms. The Morgan fingerprint density at radius 3 is 2.19 bits per heavy atom. The molecular weight excluding hydrogens is 307 g/mol.